The van der Waals surface area contributed by atoms with E-state index in [1.807, 2.05) is 0 Å². The van der Waals surface area contributed by atoms with Gasteiger partial charge in [-0.3, -0.25) is 4.79 Å². The summed E-state index contributed by atoms with van der Waals surface area (Å²) in [5.74, 6) is -4.21. The van der Waals surface area contributed by atoms with Crippen LogP contribution >= 0.6 is 0 Å². The molecule has 0 radical (unpaired) electrons. The number of carbonyl (C=O) groups excluding carboxylic acids is 5. The summed E-state index contributed by atoms with van der Waals surface area (Å²) in [7, 11) is 0. The average molecular weight is 595 g/mol. The van der Waals surface area contributed by atoms with Crippen molar-refractivity contribution < 1.29 is 56.8 Å². The Kier molecular flexibility index (Phi) is 11.5. The fraction of sp³-hybridized carbons (Fsp3) is 0.194. The van der Waals surface area contributed by atoms with E-state index in [4.69, 9.17) is 23.7 Å². The maximum Gasteiger partial charge on any atom is 0.377 e. The molecule has 0 aromatic heterocycles. The number of ketones is 1. The molecular formula is C31H27FO11. The van der Waals surface area contributed by atoms with Crippen LogP contribution in [0.3, 0.4) is 0 Å². The van der Waals surface area contributed by atoms with Gasteiger partial charge >= 0.3 is 23.9 Å². The third-order valence-corrected chi connectivity index (χ3v) is 5.47. The second kappa shape index (κ2) is 15.5. The van der Waals surface area contributed by atoms with Crippen LogP contribution in [0.5, 0.6) is 17.2 Å². The van der Waals surface area contributed by atoms with Gasteiger partial charge in [0.15, 0.2) is 11.6 Å². The predicted molar refractivity (Wildman–Crippen MR) is 147 cm³/mol. The van der Waals surface area contributed by atoms with Crippen LogP contribution in [0.15, 0.2) is 78.9 Å². The first-order valence-electron chi connectivity index (χ1n) is 12.7. The lowest BCUT2D eigenvalue weighted by Gasteiger charge is -2.10. The van der Waals surface area contributed by atoms with Crippen LogP contribution < -0.4 is 14.2 Å². The number of halogens is 1. The summed E-state index contributed by atoms with van der Waals surface area (Å²) in [6.07, 6.45) is 0.197. The first-order chi connectivity index (χ1) is 20.5. The van der Waals surface area contributed by atoms with Crippen LogP contribution in [0.4, 0.5) is 4.39 Å². The van der Waals surface area contributed by atoms with Crippen LogP contribution in [0, 0.1) is 5.82 Å². The molecule has 43 heavy (non-hydrogen) atoms. The molecule has 3 aromatic rings. The van der Waals surface area contributed by atoms with Crippen molar-refractivity contribution in [2.45, 2.75) is 20.3 Å². The first kappa shape index (κ1) is 32.0. The molecule has 0 aliphatic heterocycles. The van der Waals surface area contributed by atoms with Gasteiger partial charge in [-0.25, -0.2) is 23.6 Å². The molecule has 0 unspecified atom stereocenters. The number of Topliss-reactive ketones (excluding diaryl/α,β-unsaturated/α-hetero) is 1. The summed E-state index contributed by atoms with van der Waals surface area (Å²) in [6, 6.07) is 15.5. The van der Waals surface area contributed by atoms with Gasteiger partial charge in [-0.2, -0.15) is 0 Å². The molecule has 0 N–H and O–H groups in total. The van der Waals surface area contributed by atoms with E-state index in [1.54, 1.807) is 0 Å². The van der Waals surface area contributed by atoms with Gasteiger partial charge in [-0.1, -0.05) is 12.6 Å². The van der Waals surface area contributed by atoms with E-state index in [2.05, 4.69) is 11.3 Å². The Bertz CT molecular complexity index is 1500. The van der Waals surface area contributed by atoms with E-state index in [1.165, 1.54) is 73.7 Å². The number of ether oxygens (including phenoxy) is 6. The molecule has 3 aromatic carbocycles. The van der Waals surface area contributed by atoms with Crippen LogP contribution in [-0.2, 0) is 35.0 Å². The molecule has 0 saturated heterocycles. The molecule has 12 heteroatoms. The minimum atomic E-state index is -1.02. The normalized spacial score (nSPS) is 10.2. The number of benzene rings is 3. The highest BCUT2D eigenvalue weighted by atomic mass is 19.1. The van der Waals surface area contributed by atoms with Crippen molar-refractivity contribution in [2.75, 3.05) is 20.2 Å². The third kappa shape index (κ3) is 10.1. The van der Waals surface area contributed by atoms with Crippen molar-refractivity contribution in [2.24, 2.45) is 0 Å². The van der Waals surface area contributed by atoms with Crippen molar-refractivity contribution in [1.29, 1.82) is 0 Å². The molecule has 0 amide bonds. The van der Waals surface area contributed by atoms with E-state index < -0.39 is 42.3 Å². The number of esters is 4. The SMILES string of the molecule is C=C(C)C(=O)OCOc1ccc(C(=O)Oc2ccc(CCOC(=O)c3ccc(OCOC(=O)C(C)=O)cc3)cc2F)cc1. The van der Waals surface area contributed by atoms with Gasteiger partial charge in [0.25, 0.3) is 0 Å². The van der Waals surface area contributed by atoms with E-state index >= 15 is 0 Å². The first-order valence-corrected chi connectivity index (χ1v) is 12.7. The summed E-state index contributed by atoms with van der Waals surface area (Å²) < 4.78 is 44.8. The van der Waals surface area contributed by atoms with Crippen LogP contribution in [0.1, 0.15) is 40.1 Å². The van der Waals surface area contributed by atoms with Gasteiger partial charge in [-0.15, -0.1) is 0 Å². The molecule has 11 nitrogen and oxygen atoms in total. The number of rotatable bonds is 14. The fourth-order valence-electron chi connectivity index (χ4n) is 3.19. The smallest absolute Gasteiger partial charge is 0.377 e. The highest BCUT2D eigenvalue weighted by Crippen LogP contribution is 2.21. The second-order valence-corrected chi connectivity index (χ2v) is 8.81. The van der Waals surface area contributed by atoms with Crippen molar-refractivity contribution in [3.63, 3.8) is 0 Å². The van der Waals surface area contributed by atoms with E-state index in [0.717, 1.165) is 6.92 Å². The molecule has 0 heterocycles. The van der Waals surface area contributed by atoms with Gasteiger partial charge in [0.05, 0.1) is 17.7 Å². The zero-order valence-corrected chi connectivity index (χ0v) is 23.3. The Balaban J connectivity index is 1.43. The van der Waals surface area contributed by atoms with E-state index in [-0.39, 0.29) is 42.3 Å². The molecule has 0 atom stereocenters. The highest BCUT2D eigenvalue weighted by molar-refractivity contribution is 6.32. The summed E-state index contributed by atoms with van der Waals surface area (Å²) in [5.41, 5.74) is 1.10. The summed E-state index contributed by atoms with van der Waals surface area (Å²) in [4.78, 5) is 58.0. The molecule has 0 saturated carbocycles. The fourth-order valence-corrected chi connectivity index (χ4v) is 3.19. The Morgan fingerprint density at radius 1 is 0.698 bits per heavy atom. The van der Waals surface area contributed by atoms with E-state index in [9.17, 15) is 28.4 Å². The maximum atomic E-state index is 14.6. The molecule has 0 bridgehead atoms. The summed E-state index contributed by atoms with van der Waals surface area (Å²) in [6.45, 7) is 5.19. The summed E-state index contributed by atoms with van der Waals surface area (Å²) in [5, 5.41) is 0. The lowest BCUT2D eigenvalue weighted by atomic mass is 10.1. The highest BCUT2D eigenvalue weighted by Gasteiger charge is 2.14. The second-order valence-electron chi connectivity index (χ2n) is 8.81. The van der Waals surface area contributed by atoms with Gasteiger partial charge in [-0.05, 0) is 73.2 Å². The molecule has 0 spiro atoms. The van der Waals surface area contributed by atoms with Crippen molar-refractivity contribution >= 4 is 29.7 Å². The van der Waals surface area contributed by atoms with Gasteiger partial charge < -0.3 is 28.4 Å². The predicted octanol–water partition coefficient (Wildman–Crippen LogP) is 4.37. The van der Waals surface area contributed by atoms with Gasteiger partial charge in [0.2, 0.25) is 19.4 Å². The minimum Gasteiger partial charge on any atom is -0.462 e. The lowest BCUT2D eigenvalue weighted by molar-refractivity contribution is -0.157. The minimum absolute atomic E-state index is 0.0442. The summed E-state index contributed by atoms with van der Waals surface area (Å²) >= 11 is 0. The number of hydrogen-bond acceptors (Lipinski definition) is 11. The monoisotopic (exact) mass is 594 g/mol. The van der Waals surface area contributed by atoms with Crippen molar-refractivity contribution in [3.05, 3.63) is 101 Å². The standard InChI is InChI=1S/C31H27FO11/c1-19(2)28(34)41-17-39-25-11-7-23(8-12-25)31(37)43-27-13-4-21(16-26(27)32)14-15-38-30(36)22-5-9-24(10-6-22)40-18-42-29(35)20(3)33/h4-13,16H,1,14-15,17-18H2,2-3H3. The van der Waals surface area contributed by atoms with Crippen LogP contribution in [-0.4, -0.2) is 49.9 Å². The molecule has 0 aliphatic carbocycles. The van der Waals surface area contributed by atoms with Gasteiger partial charge in [0, 0.05) is 18.9 Å². The van der Waals surface area contributed by atoms with E-state index in [0.29, 0.717) is 17.1 Å². The molecule has 0 fully saturated rings. The van der Waals surface area contributed by atoms with Crippen LogP contribution in [0.25, 0.3) is 0 Å². The average Bonchev–Trinajstić information content (AvgIpc) is 2.98. The largest absolute Gasteiger partial charge is 0.462 e. The number of carbonyl (C=O) groups is 5. The maximum absolute atomic E-state index is 14.6. The zero-order chi connectivity index (χ0) is 31.4. The Labute approximate surface area is 245 Å². The van der Waals surface area contributed by atoms with Crippen molar-refractivity contribution in [1.82, 2.24) is 0 Å². The lowest BCUT2D eigenvalue weighted by Crippen LogP contribution is -2.17. The quantitative estimate of drug-likeness (QED) is 0.0656. The van der Waals surface area contributed by atoms with Gasteiger partial charge in [0.1, 0.15) is 11.5 Å². The zero-order valence-electron chi connectivity index (χ0n) is 23.3. The molecular weight excluding hydrogens is 567 g/mol. The van der Waals surface area contributed by atoms with Crippen molar-refractivity contribution in [3.8, 4) is 17.2 Å². The molecule has 3 rings (SSSR count). The Hall–Kier alpha value is -5.52. The Morgan fingerprint density at radius 3 is 1.74 bits per heavy atom. The number of hydrogen-bond donors (Lipinski definition) is 0. The molecule has 224 valence electrons. The third-order valence-electron chi connectivity index (χ3n) is 5.47. The molecule has 0 aliphatic rings. The topological polar surface area (TPSA) is 141 Å². The van der Waals surface area contributed by atoms with Crippen LogP contribution in [0.2, 0.25) is 0 Å². The Morgan fingerprint density at radius 2 is 1.23 bits per heavy atom.